The van der Waals surface area contributed by atoms with Gasteiger partial charge < -0.3 is 10.6 Å². The van der Waals surface area contributed by atoms with E-state index in [1.54, 1.807) is 0 Å². The monoisotopic (exact) mass is 170 g/mol. The van der Waals surface area contributed by atoms with Crippen LogP contribution in [0.15, 0.2) is 0 Å². The Balaban J connectivity index is 2.25. The zero-order valence-corrected chi connectivity index (χ0v) is 7.39. The maximum atomic E-state index is 11.0. The molecule has 1 fully saturated rings. The van der Waals surface area contributed by atoms with Gasteiger partial charge in [-0.05, 0) is 26.7 Å². The fraction of sp³-hybridized carbons (Fsp3) is 0.750. The van der Waals surface area contributed by atoms with Crippen molar-refractivity contribution in [2.24, 2.45) is 0 Å². The van der Waals surface area contributed by atoms with Gasteiger partial charge in [0.2, 0.25) is 0 Å². The van der Waals surface area contributed by atoms with E-state index in [1.807, 2.05) is 13.8 Å². The molecule has 2 amide bonds. The molecule has 0 aromatic heterocycles. The molecule has 0 bridgehead atoms. The molecule has 0 atom stereocenters. The normalized spacial score (nSPS) is 15.9. The van der Waals surface area contributed by atoms with Crippen molar-refractivity contribution in [2.75, 3.05) is 0 Å². The van der Waals surface area contributed by atoms with Gasteiger partial charge in [-0.2, -0.15) is 0 Å². The molecule has 0 unspecified atom stereocenters. The highest BCUT2D eigenvalue weighted by atomic mass is 16.2. The topological polar surface area (TPSA) is 58.2 Å². The summed E-state index contributed by atoms with van der Waals surface area (Å²) in [4.78, 5) is 22.0. The molecule has 1 aliphatic rings. The summed E-state index contributed by atoms with van der Waals surface area (Å²) in [5.41, 5.74) is 0. The van der Waals surface area contributed by atoms with Gasteiger partial charge in [-0.1, -0.05) is 0 Å². The minimum Gasteiger partial charge on any atom is -0.346 e. The Labute approximate surface area is 71.7 Å². The smallest absolute Gasteiger partial charge is 0.309 e. The van der Waals surface area contributed by atoms with Crippen LogP contribution < -0.4 is 10.6 Å². The maximum absolute atomic E-state index is 11.0. The number of carbonyl (C=O) groups excluding carboxylic acids is 2. The number of amides is 2. The van der Waals surface area contributed by atoms with Crippen LogP contribution in [0.4, 0.5) is 0 Å². The molecule has 0 saturated heterocycles. The Bertz CT molecular complexity index is 183. The SMILES string of the molecule is CC(C)NC(=O)C(=O)NC1CC1. The number of hydrogen-bond donors (Lipinski definition) is 2. The van der Waals surface area contributed by atoms with Crippen LogP contribution in [0.3, 0.4) is 0 Å². The van der Waals surface area contributed by atoms with Crippen molar-refractivity contribution in [2.45, 2.75) is 38.8 Å². The molecular weight excluding hydrogens is 156 g/mol. The number of carbonyl (C=O) groups is 2. The van der Waals surface area contributed by atoms with Crippen LogP contribution in [0.1, 0.15) is 26.7 Å². The van der Waals surface area contributed by atoms with E-state index < -0.39 is 11.8 Å². The molecule has 68 valence electrons. The van der Waals surface area contributed by atoms with Crippen LogP contribution >= 0.6 is 0 Å². The molecule has 1 saturated carbocycles. The van der Waals surface area contributed by atoms with E-state index in [0.717, 1.165) is 12.8 Å². The van der Waals surface area contributed by atoms with E-state index in [0.29, 0.717) is 0 Å². The zero-order chi connectivity index (χ0) is 9.14. The van der Waals surface area contributed by atoms with Gasteiger partial charge in [0, 0.05) is 12.1 Å². The fourth-order valence-corrected chi connectivity index (χ4v) is 0.806. The van der Waals surface area contributed by atoms with Crippen molar-refractivity contribution in [3.63, 3.8) is 0 Å². The van der Waals surface area contributed by atoms with E-state index in [4.69, 9.17) is 0 Å². The van der Waals surface area contributed by atoms with Crippen LogP contribution in [-0.2, 0) is 9.59 Å². The zero-order valence-electron chi connectivity index (χ0n) is 7.39. The lowest BCUT2D eigenvalue weighted by Gasteiger charge is -2.07. The lowest BCUT2D eigenvalue weighted by molar-refractivity contribution is -0.139. The van der Waals surface area contributed by atoms with Crippen molar-refractivity contribution in [1.29, 1.82) is 0 Å². The highest BCUT2D eigenvalue weighted by Gasteiger charge is 2.26. The van der Waals surface area contributed by atoms with Crippen LogP contribution in [-0.4, -0.2) is 23.9 Å². The molecule has 4 nitrogen and oxygen atoms in total. The Morgan fingerprint density at radius 2 is 1.83 bits per heavy atom. The average molecular weight is 170 g/mol. The summed E-state index contributed by atoms with van der Waals surface area (Å²) in [6.07, 6.45) is 2.00. The van der Waals surface area contributed by atoms with Gasteiger partial charge in [0.05, 0.1) is 0 Å². The second kappa shape index (κ2) is 3.56. The third-order valence-electron chi connectivity index (χ3n) is 1.54. The van der Waals surface area contributed by atoms with Gasteiger partial charge >= 0.3 is 11.8 Å². The summed E-state index contributed by atoms with van der Waals surface area (Å²) in [6, 6.07) is 0.262. The number of nitrogens with one attached hydrogen (secondary N) is 2. The first-order chi connectivity index (χ1) is 5.59. The van der Waals surface area contributed by atoms with E-state index in [1.165, 1.54) is 0 Å². The third kappa shape index (κ3) is 2.90. The third-order valence-corrected chi connectivity index (χ3v) is 1.54. The molecular formula is C8H14N2O2. The first-order valence-electron chi connectivity index (χ1n) is 4.21. The summed E-state index contributed by atoms with van der Waals surface area (Å²) < 4.78 is 0. The van der Waals surface area contributed by atoms with Gasteiger partial charge in [0.15, 0.2) is 0 Å². The molecule has 0 spiro atoms. The van der Waals surface area contributed by atoms with E-state index in [2.05, 4.69) is 10.6 Å². The second-order valence-corrected chi connectivity index (χ2v) is 3.38. The minimum atomic E-state index is -0.531. The predicted octanol–water partition coefficient (Wildman–Crippen LogP) is -0.210. The summed E-state index contributed by atoms with van der Waals surface area (Å²) in [5, 5.41) is 5.13. The Morgan fingerprint density at radius 3 is 2.25 bits per heavy atom. The molecule has 12 heavy (non-hydrogen) atoms. The van der Waals surface area contributed by atoms with E-state index in [-0.39, 0.29) is 12.1 Å². The highest BCUT2D eigenvalue weighted by molar-refractivity contribution is 6.35. The average Bonchev–Trinajstić information content (AvgIpc) is 2.70. The van der Waals surface area contributed by atoms with Crippen LogP contribution in [0.25, 0.3) is 0 Å². The Morgan fingerprint density at radius 1 is 1.25 bits per heavy atom. The molecule has 0 heterocycles. The van der Waals surface area contributed by atoms with E-state index in [9.17, 15) is 9.59 Å². The van der Waals surface area contributed by atoms with Crippen LogP contribution in [0.5, 0.6) is 0 Å². The fourth-order valence-electron chi connectivity index (χ4n) is 0.806. The lowest BCUT2D eigenvalue weighted by Crippen LogP contribution is -2.43. The molecule has 4 heteroatoms. The molecule has 1 aliphatic carbocycles. The van der Waals surface area contributed by atoms with Crippen molar-refractivity contribution >= 4 is 11.8 Å². The summed E-state index contributed by atoms with van der Waals surface area (Å²) in [5.74, 6) is -1.04. The van der Waals surface area contributed by atoms with Crippen molar-refractivity contribution in [3.8, 4) is 0 Å². The second-order valence-electron chi connectivity index (χ2n) is 3.38. The summed E-state index contributed by atoms with van der Waals surface area (Å²) in [7, 11) is 0. The number of hydrogen-bond acceptors (Lipinski definition) is 2. The standard InChI is InChI=1S/C8H14N2O2/c1-5(2)9-7(11)8(12)10-6-3-4-6/h5-6H,3-4H2,1-2H3,(H,9,11)(H,10,12). The molecule has 0 aliphatic heterocycles. The molecule has 0 aromatic rings. The highest BCUT2D eigenvalue weighted by Crippen LogP contribution is 2.18. The van der Waals surface area contributed by atoms with Gasteiger partial charge in [-0.15, -0.1) is 0 Å². The largest absolute Gasteiger partial charge is 0.346 e. The van der Waals surface area contributed by atoms with Gasteiger partial charge in [-0.25, -0.2) is 0 Å². The van der Waals surface area contributed by atoms with Crippen molar-refractivity contribution in [1.82, 2.24) is 10.6 Å². The summed E-state index contributed by atoms with van der Waals surface area (Å²) >= 11 is 0. The predicted molar refractivity (Wildman–Crippen MR) is 44.4 cm³/mol. The maximum Gasteiger partial charge on any atom is 0.309 e. The first-order valence-corrected chi connectivity index (χ1v) is 4.21. The molecule has 0 aromatic carbocycles. The van der Waals surface area contributed by atoms with Crippen LogP contribution in [0, 0.1) is 0 Å². The lowest BCUT2D eigenvalue weighted by atomic mass is 10.4. The van der Waals surface area contributed by atoms with Gasteiger partial charge in [-0.3, -0.25) is 9.59 Å². The van der Waals surface area contributed by atoms with Gasteiger partial charge in [0.1, 0.15) is 0 Å². The molecule has 1 rings (SSSR count). The Kier molecular flexibility index (Phi) is 2.68. The molecule has 2 N–H and O–H groups in total. The summed E-state index contributed by atoms with van der Waals surface area (Å²) in [6.45, 7) is 3.64. The minimum absolute atomic E-state index is 0.0162. The van der Waals surface area contributed by atoms with Gasteiger partial charge in [0.25, 0.3) is 0 Å². The van der Waals surface area contributed by atoms with Crippen LogP contribution in [0.2, 0.25) is 0 Å². The Hall–Kier alpha value is -1.06. The number of rotatable bonds is 2. The van der Waals surface area contributed by atoms with E-state index >= 15 is 0 Å². The quantitative estimate of drug-likeness (QED) is 0.563. The van der Waals surface area contributed by atoms with Crippen molar-refractivity contribution in [3.05, 3.63) is 0 Å². The first kappa shape index (κ1) is 9.03. The molecule has 0 radical (unpaired) electrons. The van der Waals surface area contributed by atoms with Crippen molar-refractivity contribution < 1.29 is 9.59 Å².